The molecule has 1 aromatic heterocycles. The Balaban J connectivity index is 1.82. The Morgan fingerprint density at radius 1 is 1.08 bits per heavy atom. The van der Waals surface area contributed by atoms with Gasteiger partial charge in [-0.3, -0.25) is 24.3 Å². The first kappa shape index (κ1) is 27.4. The van der Waals surface area contributed by atoms with Gasteiger partial charge in [0.05, 0.1) is 27.6 Å². The molecular formula is C31H32N4O4. The molecule has 0 spiro atoms. The number of carbonyl (C=O) groups excluding carboxylic acids is 1. The van der Waals surface area contributed by atoms with E-state index in [1.54, 1.807) is 33.7 Å². The molecule has 4 rings (SSSR count). The van der Waals surface area contributed by atoms with Crippen molar-refractivity contribution in [3.63, 3.8) is 0 Å². The second-order valence-electron chi connectivity index (χ2n) is 9.56. The predicted octanol–water partition coefficient (Wildman–Crippen LogP) is 6.31. The molecule has 0 radical (unpaired) electrons. The summed E-state index contributed by atoms with van der Waals surface area (Å²) >= 11 is 0. The van der Waals surface area contributed by atoms with Gasteiger partial charge in [0, 0.05) is 24.8 Å². The normalized spacial score (nSPS) is 12.1. The summed E-state index contributed by atoms with van der Waals surface area (Å²) in [5, 5.41) is 11.5. The van der Waals surface area contributed by atoms with Crippen LogP contribution in [-0.4, -0.2) is 31.8 Å². The molecular weight excluding hydrogens is 492 g/mol. The number of nitrogens with zero attached hydrogens (tertiary/aromatic N) is 4. The van der Waals surface area contributed by atoms with Crippen molar-refractivity contribution in [2.24, 2.45) is 0 Å². The van der Waals surface area contributed by atoms with E-state index in [4.69, 9.17) is 4.98 Å². The molecule has 1 atom stereocenters. The number of non-ortho nitro benzene ring substituents is 1. The van der Waals surface area contributed by atoms with Gasteiger partial charge in [0.25, 0.3) is 11.2 Å². The predicted molar refractivity (Wildman–Crippen MR) is 154 cm³/mol. The molecule has 3 aromatic carbocycles. The zero-order chi connectivity index (χ0) is 28.1. The molecule has 39 heavy (non-hydrogen) atoms. The highest BCUT2D eigenvalue weighted by atomic mass is 16.6. The number of benzene rings is 3. The van der Waals surface area contributed by atoms with Crippen LogP contribution in [0.5, 0.6) is 0 Å². The average Bonchev–Trinajstić information content (AvgIpc) is 2.92. The van der Waals surface area contributed by atoms with Gasteiger partial charge in [-0.25, -0.2) is 4.98 Å². The van der Waals surface area contributed by atoms with E-state index in [1.165, 1.54) is 18.2 Å². The van der Waals surface area contributed by atoms with Crippen molar-refractivity contribution in [3.8, 4) is 5.69 Å². The average molecular weight is 525 g/mol. The summed E-state index contributed by atoms with van der Waals surface area (Å²) in [6, 6.07) is 18.8. The van der Waals surface area contributed by atoms with Gasteiger partial charge in [-0.1, -0.05) is 43.7 Å². The number of carbonyl (C=O) groups is 1. The van der Waals surface area contributed by atoms with Crippen LogP contribution in [-0.2, 0) is 4.79 Å². The number of aromatic nitrogens is 2. The SMILES string of the molecule is CCCN(C(=O)/C=C/c1ccc([N+](=O)[O-])cc1)C(CC)c1nc2ccccc2c(=O)n1-c1ccc(C)cc1C. The first-order valence-electron chi connectivity index (χ1n) is 13.1. The molecule has 0 aliphatic carbocycles. The molecule has 0 aliphatic heterocycles. The molecule has 1 amide bonds. The molecule has 8 heteroatoms. The Hall–Kier alpha value is -4.59. The van der Waals surface area contributed by atoms with E-state index in [0.717, 1.165) is 23.2 Å². The number of hydrogen-bond acceptors (Lipinski definition) is 5. The summed E-state index contributed by atoms with van der Waals surface area (Å²) in [6.45, 7) is 8.42. The lowest BCUT2D eigenvalue weighted by atomic mass is 10.1. The summed E-state index contributed by atoms with van der Waals surface area (Å²) in [7, 11) is 0. The minimum atomic E-state index is -0.461. The van der Waals surface area contributed by atoms with Crippen molar-refractivity contribution < 1.29 is 9.72 Å². The lowest BCUT2D eigenvalue weighted by molar-refractivity contribution is -0.384. The Morgan fingerprint density at radius 2 is 1.79 bits per heavy atom. The molecule has 0 N–H and O–H groups in total. The molecule has 0 fully saturated rings. The smallest absolute Gasteiger partial charge is 0.269 e. The number of fused-ring (bicyclic) bond motifs is 1. The summed E-state index contributed by atoms with van der Waals surface area (Å²) in [5.74, 6) is 0.287. The van der Waals surface area contributed by atoms with Gasteiger partial charge in [0.15, 0.2) is 0 Å². The van der Waals surface area contributed by atoms with Crippen molar-refractivity contribution in [2.45, 2.75) is 46.6 Å². The van der Waals surface area contributed by atoms with Gasteiger partial charge >= 0.3 is 0 Å². The van der Waals surface area contributed by atoms with E-state index in [-0.39, 0.29) is 17.2 Å². The molecule has 0 saturated heterocycles. The van der Waals surface area contributed by atoms with Crippen LogP contribution in [0.25, 0.3) is 22.7 Å². The van der Waals surface area contributed by atoms with E-state index in [0.29, 0.717) is 35.3 Å². The Labute approximate surface area is 227 Å². The van der Waals surface area contributed by atoms with Gasteiger partial charge in [-0.2, -0.15) is 0 Å². The number of aryl methyl sites for hydroxylation is 2. The monoisotopic (exact) mass is 524 g/mol. The van der Waals surface area contributed by atoms with Crippen LogP contribution < -0.4 is 5.56 Å². The molecule has 8 nitrogen and oxygen atoms in total. The topological polar surface area (TPSA) is 98.3 Å². The third-order valence-corrected chi connectivity index (χ3v) is 6.73. The fraction of sp³-hybridized carbons (Fsp3) is 0.258. The van der Waals surface area contributed by atoms with Gasteiger partial charge in [-0.05, 0) is 74.2 Å². The maximum absolute atomic E-state index is 13.9. The van der Waals surface area contributed by atoms with Crippen LogP contribution in [0.15, 0.2) is 77.6 Å². The van der Waals surface area contributed by atoms with Crippen molar-refractivity contribution in [2.75, 3.05) is 6.54 Å². The van der Waals surface area contributed by atoms with Gasteiger partial charge in [0.1, 0.15) is 5.82 Å². The standard InChI is InChI=1S/C31H32N4O4/c1-5-19-33(29(36)18-14-23-12-15-24(16-13-23)35(38)39)27(6-2)30-32-26-10-8-7-9-25(26)31(37)34(30)28-17-11-21(3)20-22(28)4/h7-18,20,27H,5-6,19H2,1-4H3/b18-14+. The van der Waals surface area contributed by atoms with Crippen molar-refractivity contribution in [1.82, 2.24) is 14.5 Å². The van der Waals surface area contributed by atoms with E-state index in [1.807, 2.05) is 64.1 Å². The maximum atomic E-state index is 13.9. The molecule has 4 aromatic rings. The van der Waals surface area contributed by atoms with Crippen LogP contribution in [0, 0.1) is 24.0 Å². The zero-order valence-electron chi connectivity index (χ0n) is 22.6. The van der Waals surface area contributed by atoms with Crippen LogP contribution >= 0.6 is 0 Å². The number of nitro groups is 1. The van der Waals surface area contributed by atoms with Crippen LogP contribution in [0.2, 0.25) is 0 Å². The van der Waals surface area contributed by atoms with E-state index < -0.39 is 11.0 Å². The Morgan fingerprint density at radius 3 is 2.44 bits per heavy atom. The summed E-state index contributed by atoms with van der Waals surface area (Å²) < 4.78 is 1.65. The zero-order valence-corrected chi connectivity index (χ0v) is 22.6. The first-order chi connectivity index (χ1) is 18.7. The second kappa shape index (κ2) is 11.9. The van der Waals surface area contributed by atoms with Crippen molar-refractivity contribution >= 4 is 28.6 Å². The summed E-state index contributed by atoms with van der Waals surface area (Å²) in [6.07, 6.45) is 4.38. The van der Waals surface area contributed by atoms with Gasteiger partial charge in [-0.15, -0.1) is 0 Å². The highest BCUT2D eigenvalue weighted by molar-refractivity contribution is 5.92. The lowest BCUT2D eigenvalue weighted by Crippen LogP contribution is -2.38. The lowest BCUT2D eigenvalue weighted by Gasteiger charge is -2.31. The molecule has 0 saturated carbocycles. The minimum Gasteiger partial charge on any atom is -0.329 e. The third-order valence-electron chi connectivity index (χ3n) is 6.73. The minimum absolute atomic E-state index is 0.0103. The number of nitro benzene ring substituents is 1. The van der Waals surface area contributed by atoms with E-state index >= 15 is 0 Å². The molecule has 0 bridgehead atoms. The molecule has 1 heterocycles. The quantitative estimate of drug-likeness (QED) is 0.145. The number of amides is 1. The fourth-order valence-electron chi connectivity index (χ4n) is 4.84. The maximum Gasteiger partial charge on any atom is 0.269 e. The first-order valence-corrected chi connectivity index (χ1v) is 13.1. The Bertz CT molecular complexity index is 1610. The highest BCUT2D eigenvalue weighted by Gasteiger charge is 2.28. The largest absolute Gasteiger partial charge is 0.329 e. The number of hydrogen-bond donors (Lipinski definition) is 0. The van der Waals surface area contributed by atoms with Crippen LogP contribution in [0.3, 0.4) is 0 Å². The van der Waals surface area contributed by atoms with Crippen LogP contribution in [0.4, 0.5) is 5.69 Å². The highest BCUT2D eigenvalue weighted by Crippen LogP contribution is 2.28. The summed E-state index contributed by atoms with van der Waals surface area (Å²) in [4.78, 5) is 44.7. The fourth-order valence-corrected chi connectivity index (χ4v) is 4.84. The van der Waals surface area contributed by atoms with Gasteiger partial charge in [0.2, 0.25) is 5.91 Å². The molecule has 0 aliphatic rings. The van der Waals surface area contributed by atoms with E-state index in [2.05, 4.69) is 0 Å². The molecule has 1 unspecified atom stereocenters. The van der Waals surface area contributed by atoms with Crippen molar-refractivity contribution in [3.05, 3.63) is 116 Å². The Kier molecular flexibility index (Phi) is 8.34. The third kappa shape index (κ3) is 5.80. The summed E-state index contributed by atoms with van der Waals surface area (Å²) in [5.41, 5.74) is 3.84. The van der Waals surface area contributed by atoms with Crippen molar-refractivity contribution in [1.29, 1.82) is 0 Å². The van der Waals surface area contributed by atoms with Crippen LogP contribution in [0.1, 0.15) is 55.2 Å². The number of rotatable bonds is 9. The van der Waals surface area contributed by atoms with E-state index in [9.17, 15) is 19.7 Å². The second-order valence-corrected chi connectivity index (χ2v) is 9.56. The number of para-hydroxylation sites is 1. The van der Waals surface area contributed by atoms with Gasteiger partial charge < -0.3 is 4.90 Å². The molecule has 200 valence electrons.